The Bertz CT molecular complexity index is 956. The van der Waals surface area contributed by atoms with Crippen LogP contribution >= 0.6 is 11.6 Å². The fraction of sp³-hybridized carbons (Fsp3) is 0.480. The van der Waals surface area contributed by atoms with Crippen molar-refractivity contribution < 1.29 is 19.4 Å². The summed E-state index contributed by atoms with van der Waals surface area (Å²) in [6.45, 7) is 6.89. The molecule has 0 radical (unpaired) electrons. The summed E-state index contributed by atoms with van der Waals surface area (Å²) in [4.78, 5) is 13.3. The van der Waals surface area contributed by atoms with Gasteiger partial charge in [0.2, 0.25) is 0 Å². The molecule has 5 heteroatoms. The molecule has 4 rings (SSSR count). The Morgan fingerprint density at radius 1 is 1.23 bits per heavy atom. The molecule has 2 aliphatic heterocycles. The topological polar surface area (TPSA) is 55.8 Å². The minimum absolute atomic E-state index is 0.0215. The Morgan fingerprint density at radius 3 is 2.73 bits per heavy atom. The second-order valence-electron chi connectivity index (χ2n) is 8.40. The molecule has 4 atom stereocenters. The van der Waals surface area contributed by atoms with Crippen LogP contribution in [0.15, 0.2) is 36.4 Å². The molecule has 2 bridgehead atoms. The minimum Gasteiger partial charge on any atom is -0.389 e. The number of fused-ring (bicyclic) bond motifs is 2. The normalized spacial score (nSPS) is 28.2. The summed E-state index contributed by atoms with van der Waals surface area (Å²) in [5.41, 5.74) is 4.34. The van der Waals surface area contributed by atoms with Crippen LogP contribution in [0.4, 0.5) is 0 Å². The van der Waals surface area contributed by atoms with Gasteiger partial charge in [0, 0.05) is 11.6 Å². The van der Waals surface area contributed by atoms with Crippen LogP contribution in [0.25, 0.3) is 11.1 Å². The Hall–Kier alpha value is -1.72. The summed E-state index contributed by atoms with van der Waals surface area (Å²) >= 11 is 6.14. The number of hydrogen-bond acceptors (Lipinski definition) is 4. The maximum atomic E-state index is 13.3. The molecule has 30 heavy (non-hydrogen) atoms. The number of aliphatic hydroxyl groups excluding tert-OH is 1. The largest absolute Gasteiger partial charge is 0.389 e. The third kappa shape index (κ3) is 3.60. The lowest BCUT2D eigenvalue weighted by atomic mass is 9.76. The van der Waals surface area contributed by atoms with Crippen molar-refractivity contribution in [3.05, 3.63) is 58.1 Å². The molecule has 2 aliphatic rings. The van der Waals surface area contributed by atoms with Crippen LogP contribution < -0.4 is 0 Å². The van der Waals surface area contributed by atoms with E-state index in [1.54, 1.807) is 0 Å². The SMILES string of the molecule is CCOC[C@]12CC[C@H](O1)C(=O)C(c1cc(-c3ccc(Cl)cc3C)ccc1CC)C2O. The van der Waals surface area contributed by atoms with Gasteiger partial charge in [0.1, 0.15) is 11.7 Å². The summed E-state index contributed by atoms with van der Waals surface area (Å²) in [5.74, 6) is -0.624. The first kappa shape index (κ1) is 21.5. The average molecular weight is 429 g/mol. The number of benzene rings is 2. The van der Waals surface area contributed by atoms with Crippen molar-refractivity contribution in [2.45, 2.75) is 63.8 Å². The molecule has 0 saturated carbocycles. The maximum absolute atomic E-state index is 13.3. The van der Waals surface area contributed by atoms with E-state index in [-0.39, 0.29) is 5.78 Å². The molecule has 4 nitrogen and oxygen atoms in total. The van der Waals surface area contributed by atoms with Crippen molar-refractivity contribution in [3.63, 3.8) is 0 Å². The van der Waals surface area contributed by atoms with Gasteiger partial charge in [-0.05, 0) is 73.1 Å². The van der Waals surface area contributed by atoms with Gasteiger partial charge in [-0.25, -0.2) is 0 Å². The zero-order chi connectivity index (χ0) is 21.5. The average Bonchev–Trinajstić information content (AvgIpc) is 3.14. The lowest BCUT2D eigenvalue weighted by Crippen LogP contribution is -2.56. The molecule has 160 valence electrons. The van der Waals surface area contributed by atoms with Gasteiger partial charge in [-0.2, -0.15) is 0 Å². The van der Waals surface area contributed by atoms with Crippen molar-refractivity contribution >= 4 is 17.4 Å². The zero-order valence-corrected chi connectivity index (χ0v) is 18.5. The molecule has 0 spiro atoms. The second-order valence-corrected chi connectivity index (χ2v) is 8.83. The van der Waals surface area contributed by atoms with Crippen LogP contribution in [0.2, 0.25) is 5.02 Å². The summed E-state index contributed by atoms with van der Waals surface area (Å²) < 4.78 is 11.7. The summed E-state index contributed by atoms with van der Waals surface area (Å²) in [6, 6.07) is 12.1. The lowest BCUT2D eigenvalue weighted by Gasteiger charge is -2.42. The fourth-order valence-corrected chi connectivity index (χ4v) is 5.20. The number of halogens is 1. The summed E-state index contributed by atoms with van der Waals surface area (Å²) in [6.07, 6.45) is 0.664. The smallest absolute Gasteiger partial charge is 0.171 e. The van der Waals surface area contributed by atoms with Crippen LogP contribution in [0.1, 0.15) is 49.3 Å². The summed E-state index contributed by atoms with van der Waals surface area (Å²) in [5, 5.41) is 12.1. The van der Waals surface area contributed by atoms with E-state index in [9.17, 15) is 9.90 Å². The zero-order valence-electron chi connectivity index (χ0n) is 17.8. The first-order valence-corrected chi connectivity index (χ1v) is 11.1. The molecule has 0 aliphatic carbocycles. The molecule has 1 N–H and O–H groups in total. The number of carbonyl (C=O) groups is 1. The Morgan fingerprint density at radius 2 is 2.03 bits per heavy atom. The Labute approximate surface area is 183 Å². The molecule has 0 aromatic heterocycles. The lowest BCUT2D eigenvalue weighted by molar-refractivity contribution is -0.189. The van der Waals surface area contributed by atoms with E-state index in [1.807, 2.05) is 32.0 Å². The first-order valence-electron chi connectivity index (χ1n) is 10.8. The van der Waals surface area contributed by atoms with E-state index >= 15 is 0 Å². The van der Waals surface area contributed by atoms with Crippen molar-refractivity contribution in [2.24, 2.45) is 0 Å². The predicted octanol–water partition coefficient (Wildman–Crippen LogP) is 4.86. The quantitative estimate of drug-likeness (QED) is 0.713. The fourth-order valence-electron chi connectivity index (χ4n) is 4.97. The maximum Gasteiger partial charge on any atom is 0.171 e. The molecule has 2 unspecified atom stereocenters. The third-order valence-corrected chi connectivity index (χ3v) is 6.83. The molecule has 2 saturated heterocycles. The third-order valence-electron chi connectivity index (χ3n) is 6.60. The number of ether oxygens (including phenoxy) is 2. The highest BCUT2D eigenvalue weighted by Crippen LogP contribution is 2.47. The van der Waals surface area contributed by atoms with Gasteiger partial charge in [0.05, 0.1) is 18.6 Å². The van der Waals surface area contributed by atoms with E-state index in [0.717, 1.165) is 34.2 Å². The van der Waals surface area contributed by atoms with E-state index in [4.69, 9.17) is 21.1 Å². The van der Waals surface area contributed by atoms with Crippen LogP contribution in [-0.2, 0) is 20.7 Å². The number of ketones is 1. The van der Waals surface area contributed by atoms with Crippen molar-refractivity contribution in [2.75, 3.05) is 13.2 Å². The van der Waals surface area contributed by atoms with Crippen molar-refractivity contribution in [3.8, 4) is 11.1 Å². The Kier molecular flexibility index (Phi) is 6.04. The molecular formula is C25H29ClO4. The van der Waals surface area contributed by atoms with Gasteiger partial charge in [-0.1, -0.05) is 42.8 Å². The van der Waals surface area contributed by atoms with Gasteiger partial charge in [0.15, 0.2) is 5.78 Å². The van der Waals surface area contributed by atoms with E-state index in [1.165, 1.54) is 0 Å². The first-order chi connectivity index (χ1) is 14.4. The number of aryl methyl sites for hydroxylation is 2. The second kappa shape index (κ2) is 8.43. The molecule has 0 amide bonds. The van der Waals surface area contributed by atoms with Crippen LogP contribution in [-0.4, -0.2) is 41.9 Å². The summed E-state index contributed by atoms with van der Waals surface area (Å²) in [7, 11) is 0. The van der Waals surface area contributed by atoms with Gasteiger partial charge in [-0.15, -0.1) is 0 Å². The van der Waals surface area contributed by atoms with E-state index < -0.39 is 23.7 Å². The highest BCUT2D eigenvalue weighted by Gasteiger charge is 2.58. The molecule has 2 aromatic rings. The van der Waals surface area contributed by atoms with Crippen LogP contribution in [0.3, 0.4) is 0 Å². The van der Waals surface area contributed by atoms with E-state index in [2.05, 4.69) is 25.1 Å². The van der Waals surface area contributed by atoms with Gasteiger partial charge in [-0.3, -0.25) is 4.79 Å². The minimum atomic E-state index is -0.929. The number of rotatable bonds is 6. The van der Waals surface area contributed by atoms with E-state index in [0.29, 0.717) is 31.1 Å². The van der Waals surface area contributed by atoms with Crippen molar-refractivity contribution in [1.29, 1.82) is 0 Å². The number of hydrogen-bond donors (Lipinski definition) is 1. The molecule has 2 fully saturated rings. The number of carbonyl (C=O) groups excluding carboxylic acids is 1. The molecule has 2 aromatic carbocycles. The predicted molar refractivity (Wildman–Crippen MR) is 118 cm³/mol. The Balaban J connectivity index is 1.79. The highest BCUT2D eigenvalue weighted by molar-refractivity contribution is 6.30. The monoisotopic (exact) mass is 428 g/mol. The number of Topliss-reactive ketones (excluding diaryl/α,β-unsaturated/α-hetero) is 1. The van der Waals surface area contributed by atoms with Gasteiger partial charge < -0.3 is 14.6 Å². The standard InChI is InChI=1S/C25H29ClO4/c1-4-16-6-7-17(19-9-8-18(26)12-15(19)3)13-20(16)22-23(27)21-10-11-25(30-21,24(22)28)14-29-5-2/h6-9,12-13,21-22,24,28H,4-5,10-11,14H2,1-3H3/t21-,22?,24?,25-/m0/s1. The number of aliphatic hydroxyl groups is 1. The van der Waals surface area contributed by atoms with Gasteiger partial charge >= 0.3 is 0 Å². The molecule has 2 heterocycles. The van der Waals surface area contributed by atoms with Gasteiger partial charge in [0.25, 0.3) is 0 Å². The highest BCUT2D eigenvalue weighted by atomic mass is 35.5. The van der Waals surface area contributed by atoms with Crippen LogP contribution in [0, 0.1) is 6.92 Å². The van der Waals surface area contributed by atoms with Crippen molar-refractivity contribution in [1.82, 2.24) is 0 Å². The molecular weight excluding hydrogens is 400 g/mol. The van der Waals surface area contributed by atoms with Crippen LogP contribution in [0.5, 0.6) is 0 Å².